The number of rotatable bonds is 2. The van der Waals surface area contributed by atoms with Crippen LogP contribution in [0.2, 0.25) is 0 Å². The summed E-state index contributed by atoms with van der Waals surface area (Å²) in [5.41, 5.74) is 3.70. The van der Waals surface area contributed by atoms with Crippen LogP contribution in [0.5, 0.6) is 0 Å². The number of alkyl halides is 1. The molecule has 1 aromatic heterocycles. The van der Waals surface area contributed by atoms with Crippen LogP contribution in [0.15, 0.2) is 29.8 Å². The maximum Gasteiger partial charge on any atom is 0.123 e. The molecule has 0 radical (unpaired) electrons. The molecule has 2 aromatic rings. The Morgan fingerprint density at radius 1 is 1.29 bits per heavy atom. The van der Waals surface area contributed by atoms with Crippen molar-refractivity contribution in [1.29, 1.82) is 0 Å². The molecule has 0 saturated heterocycles. The van der Waals surface area contributed by atoms with Crippen LogP contribution in [0, 0.1) is 5.82 Å². The topological polar surface area (TPSA) is 12.9 Å². The van der Waals surface area contributed by atoms with Gasteiger partial charge in [0.25, 0.3) is 0 Å². The number of aromatic nitrogens is 1. The van der Waals surface area contributed by atoms with Crippen LogP contribution in [0.25, 0.3) is 11.3 Å². The van der Waals surface area contributed by atoms with Gasteiger partial charge in [-0.05, 0) is 24.3 Å². The molecule has 0 spiro atoms. The Morgan fingerprint density at radius 3 is 2.64 bits per heavy atom. The minimum Gasteiger partial charge on any atom is -0.244 e. The lowest BCUT2D eigenvalue weighted by Crippen LogP contribution is -1.82. The molecule has 0 atom stereocenters. The second-order valence-electron chi connectivity index (χ2n) is 2.76. The first-order valence-corrected chi connectivity index (χ1v) is 6.05. The molecule has 1 nitrogen and oxygen atoms in total. The molecule has 0 aliphatic heterocycles. The van der Waals surface area contributed by atoms with Crippen molar-refractivity contribution in [2.75, 3.05) is 0 Å². The summed E-state index contributed by atoms with van der Waals surface area (Å²) in [6.45, 7) is 0. The molecule has 4 heteroatoms. The molecular formula is C10H7BrFNS. The van der Waals surface area contributed by atoms with Crippen molar-refractivity contribution in [3.63, 3.8) is 0 Å². The van der Waals surface area contributed by atoms with Crippen molar-refractivity contribution >= 4 is 27.3 Å². The summed E-state index contributed by atoms with van der Waals surface area (Å²) in [4.78, 5) is 5.42. The largest absolute Gasteiger partial charge is 0.244 e. The van der Waals surface area contributed by atoms with Gasteiger partial charge in [0.05, 0.1) is 11.2 Å². The fraction of sp³-hybridized carbons (Fsp3) is 0.100. The monoisotopic (exact) mass is 271 g/mol. The molecule has 14 heavy (non-hydrogen) atoms. The zero-order chi connectivity index (χ0) is 9.97. The van der Waals surface area contributed by atoms with Crippen LogP contribution in [-0.2, 0) is 5.33 Å². The van der Waals surface area contributed by atoms with Gasteiger partial charge in [0.15, 0.2) is 0 Å². The molecule has 0 aliphatic carbocycles. The van der Waals surface area contributed by atoms with E-state index in [4.69, 9.17) is 0 Å². The Balaban J connectivity index is 2.44. The highest BCUT2D eigenvalue weighted by Crippen LogP contribution is 2.27. The van der Waals surface area contributed by atoms with E-state index in [-0.39, 0.29) is 5.82 Å². The van der Waals surface area contributed by atoms with E-state index in [9.17, 15) is 4.39 Å². The van der Waals surface area contributed by atoms with Crippen LogP contribution < -0.4 is 0 Å². The van der Waals surface area contributed by atoms with Crippen molar-refractivity contribution in [2.45, 2.75) is 5.33 Å². The second-order valence-corrected chi connectivity index (χ2v) is 4.26. The minimum absolute atomic E-state index is 0.218. The Labute approximate surface area is 93.7 Å². The summed E-state index contributed by atoms with van der Waals surface area (Å²) < 4.78 is 12.7. The van der Waals surface area contributed by atoms with Gasteiger partial charge in [-0.2, -0.15) is 0 Å². The van der Waals surface area contributed by atoms with Gasteiger partial charge in [0.2, 0.25) is 0 Å². The Hall–Kier alpha value is -0.740. The Morgan fingerprint density at radius 2 is 2.00 bits per heavy atom. The molecule has 72 valence electrons. The summed E-state index contributed by atoms with van der Waals surface area (Å²) in [7, 11) is 0. The smallest absolute Gasteiger partial charge is 0.123 e. The van der Waals surface area contributed by atoms with E-state index < -0.39 is 0 Å². The molecule has 1 aromatic carbocycles. The average molecular weight is 272 g/mol. The molecule has 0 unspecified atom stereocenters. The Kier molecular flexibility index (Phi) is 2.93. The number of hydrogen-bond donors (Lipinski definition) is 0. The highest BCUT2D eigenvalue weighted by Gasteiger charge is 2.06. The quantitative estimate of drug-likeness (QED) is 0.757. The standard InChI is InChI=1S/C10H7BrFNS/c11-5-9-10(13-6-14-9)7-1-3-8(12)4-2-7/h1-4,6H,5H2. The molecule has 0 bridgehead atoms. The maximum absolute atomic E-state index is 12.7. The summed E-state index contributed by atoms with van der Waals surface area (Å²) in [5.74, 6) is -0.218. The summed E-state index contributed by atoms with van der Waals surface area (Å²) >= 11 is 4.99. The predicted octanol–water partition coefficient (Wildman–Crippen LogP) is 3.84. The first-order valence-electron chi connectivity index (χ1n) is 4.05. The van der Waals surface area contributed by atoms with E-state index in [2.05, 4.69) is 20.9 Å². The zero-order valence-corrected chi connectivity index (χ0v) is 9.61. The molecule has 0 saturated carbocycles. The van der Waals surface area contributed by atoms with E-state index in [0.717, 1.165) is 21.5 Å². The zero-order valence-electron chi connectivity index (χ0n) is 7.21. The van der Waals surface area contributed by atoms with Crippen LogP contribution in [0.4, 0.5) is 4.39 Å². The number of benzene rings is 1. The van der Waals surface area contributed by atoms with E-state index >= 15 is 0 Å². The highest BCUT2D eigenvalue weighted by molar-refractivity contribution is 9.08. The predicted molar refractivity (Wildman–Crippen MR) is 60.1 cm³/mol. The van der Waals surface area contributed by atoms with Crippen molar-refractivity contribution in [3.05, 3.63) is 40.5 Å². The summed E-state index contributed by atoms with van der Waals surface area (Å²) in [6.07, 6.45) is 0. The lowest BCUT2D eigenvalue weighted by atomic mass is 10.1. The van der Waals surface area contributed by atoms with Crippen LogP contribution in [0.3, 0.4) is 0 Å². The van der Waals surface area contributed by atoms with Gasteiger partial charge in [0, 0.05) is 15.8 Å². The fourth-order valence-electron chi connectivity index (χ4n) is 1.21. The van der Waals surface area contributed by atoms with Gasteiger partial charge in [-0.3, -0.25) is 0 Å². The molecule has 0 fully saturated rings. The normalized spacial score (nSPS) is 10.4. The maximum atomic E-state index is 12.7. The summed E-state index contributed by atoms with van der Waals surface area (Å²) in [5, 5.41) is 0.782. The van der Waals surface area contributed by atoms with E-state index in [1.54, 1.807) is 29.0 Å². The van der Waals surface area contributed by atoms with E-state index in [1.807, 2.05) is 0 Å². The number of hydrogen-bond acceptors (Lipinski definition) is 2. The van der Waals surface area contributed by atoms with Gasteiger partial charge >= 0.3 is 0 Å². The van der Waals surface area contributed by atoms with Crippen LogP contribution in [-0.4, -0.2) is 4.98 Å². The molecule has 1 heterocycles. The number of nitrogens with zero attached hydrogens (tertiary/aromatic N) is 1. The van der Waals surface area contributed by atoms with Gasteiger partial charge in [-0.25, -0.2) is 9.37 Å². The first-order chi connectivity index (χ1) is 6.81. The SMILES string of the molecule is Fc1ccc(-c2ncsc2CBr)cc1. The van der Waals surface area contributed by atoms with Crippen molar-refractivity contribution in [3.8, 4) is 11.3 Å². The second kappa shape index (κ2) is 4.19. The van der Waals surface area contributed by atoms with Gasteiger partial charge in [-0.15, -0.1) is 11.3 Å². The van der Waals surface area contributed by atoms with Gasteiger partial charge < -0.3 is 0 Å². The first kappa shape index (κ1) is 9.80. The third kappa shape index (κ3) is 1.86. The fourth-order valence-corrected chi connectivity index (χ4v) is 2.50. The minimum atomic E-state index is -0.218. The van der Waals surface area contributed by atoms with Crippen LogP contribution in [0.1, 0.15) is 4.88 Å². The average Bonchev–Trinajstić information content (AvgIpc) is 2.67. The Bertz CT molecular complexity index is 424. The van der Waals surface area contributed by atoms with Crippen molar-refractivity contribution < 1.29 is 4.39 Å². The molecular weight excluding hydrogens is 265 g/mol. The lowest BCUT2D eigenvalue weighted by Gasteiger charge is -1.98. The van der Waals surface area contributed by atoms with E-state index in [1.165, 1.54) is 12.1 Å². The molecule has 0 aliphatic rings. The molecule has 2 rings (SSSR count). The third-order valence-corrected chi connectivity index (χ3v) is 3.64. The van der Waals surface area contributed by atoms with Gasteiger partial charge in [-0.1, -0.05) is 15.9 Å². The highest BCUT2D eigenvalue weighted by atomic mass is 79.9. The van der Waals surface area contributed by atoms with E-state index in [0.29, 0.717) is 0 Å². The number of halogens is 2. The van der Waals surface area contributed by atoms with Crippen LogP contribution >= 0.6 is 27.3 Å². The van der Waals surface area contributed by atoms with Gasteiger partial charge in [0.1, 0.15) is 5.82 Å². The lowest BCUT2D eigenvalue weighted by molar-refractivity contribution is 0.628. The van der Waals surface area contributed by atoms with Crippen molar-refractivity contribution in [2.24, 2.45) is 0 Å². The third-order valence-electron chi connectivity index (χ3n) is 1.88. The molecule has 0 amide bonds. The summed E-state index contributed by atoms with van der Waals surface area (Å²) in [6, 6.07) is 6.40. The molecule has 0 N–H and O–H groups in total. The number of thiazole rings is 1. The van der Waals surface area contributed by atoms with Crippen molar-refractivity contribution in [1.82, 2.24) is 4.98 Å².